The molecule has 1 N–H and O–H groups in total. The first-order valence-corrected chi connectivity index (χ1v) is 3.01. The summed E-state index contributed by atoms with van der Waals surface area (Å²) in [6.07, 6.45) is 5.90. The Morgan fingerprint density at radius 2 is 2.56 bits per heavy atom. The van der Waals surface area contributed by atoms with E-state index in [1.54, 1.807) is 0 Å². The highest BCUT2D eigenvalue weighted by molar-refractivity contribution is 5.22. The van der Waals surface area contributed by atoms with E-state index in [-0.39, 0.29) is 6.61 Å². The molecule has 0 amide bonds. The Balaban J connectivity index is 2.52. The molecule has 0 aliphatic carbocycles. The topological polar surface area (TPSA) is 23.5 Å². The van der Waals surface area contributed by atoms with Gasteiger partial charge in [-0.3, -0.25) is 0 Å². The molecule has 0 bridgehead atoms. The van der Waals surface area contributed by atoms with E-state index in [4.69, 9.17) is 5.11 Å². The van der Waals surface area contributed by atoms with Crippen LogP contribution in [0.5, 0.6) is 0 Å². The molecule has 0 saturated heterocycles. The summed E-state index contributed by atoms with van der Waals surface area (Å²) in [6.45, 7) is 1.07. The second-order valence-corrected chi connectivity index (χ2v) is 2.19. The van der Waals surface area contributed by atoms with Crippen molar-refractivity contribution in [2.75, 3.05) is 20.2 Å². The molecule has 0 fully saturated rings. The summed E-state index contributed by atoms with van der Waals surface area (Å²) < 4.78 is 0. The van der Waals surface area contributed by atoms with Gasteiger partial charge in [0.2, 0.25) is 0 Å². The molecule has 2 heteroatoms. The highest BCUT2D eigenvalue weighted by atomic mass is 16.3. The summed E-state index contributed by atoms with van der Waals surface area (Å²) in [7, 11) is 2.00. The third kappa shape index (κ3) is 1.57. The molecule has 0 aromatic carbocycles. The van der Waals surface area contributed by atoms with Crippen molar-refractivity contribution in [1.82, 2.24) is 4.90 Å². The van der Waals surface area contributed by atoms with E-state index in [1.165, 1.54) is 0 Å². The summed E-state index contributed by atoms with van der Waals surface area (Å²) in [6, 6.07) is 0. The van der Waals surface area contributed by atoms with E-state index in [9.17, 15) is 0 Å². The second-order valence-electron chi connectivity index (χ2n) is 2.19. The zero-order valence-electron chi connectivity index (χ0n) is 5.54. The largest absolute Gasteiger partial charge is 0.392 e. The van der Waals surface area contributed by atoms with Gasteiger partial charge in [0.25, 0.3) is 0 Å². The molecule has 1 heterocycles. The van der Waals surface area contributed by atoms with Crippen molar-refractivity contribution < 1.29 is 5.11 Å². The first-order chi connectivity index (χ1) is 4.33. The van der Waals surface area contributed by atoms with E-state index in [0.29, 0.717) is 0 Å². The van der Waals surface area contributed by atoms with E-state index < -0.39 is 0 Å². The van der Waals surface area contributed by atoms with Gasteiger partial charge in [-0.1, -0.05) is 6.08 Å². The molecular weight excluding hydrogens is 114 g/mol. The van der Waals surface area contributed by atoms with Gasteiger partial charge < -0.3 is 10.0 Å². The smallest absolute Gasteiger partial charge is 0.0679 e. The van der Waals surface area contributed by atoms with Gasteiger partial charge in [-0.2, -0.15) is 0 Å². The number of likely N-dealkylation sites (N-methyl/N-ethyl adjacent to an activating group) is 1. The fourth-order valence-electron chi connectivity index (χ4n) is 0.730. The number of hydrogen-bond acceptors (Lipinski definition) is 2. The van der Waals surface area contributed by atoms with Crippen molar-refractivity contribution in [3.63, 3.8) is 0 Å². The molecule has 9 heavy (non-hydrogen) atoms. The molecule has 0 saturated carbocycles. The number of aliphatic hydroxyl groups excluding tert-OH is 1. The standard InChI is InChI=1S/C7H11NO/c1-8-4-2-7(6-9)3-5-8/h2-4,9H,5-6H2,1H3. The average molecular weight is 125 g/mol. The Morgan fingerprint density at radius 3 is 3.00 bits per heavy atom. The zero-order chi connectivity index (χ0) is 6.69. The molecule has 0 spiro atoms. The van der Waals surface area contributed by atoms with Crippen molar-refractivity contribution >= 4 is 0 Å². The fraction of sp³-hybridized carbons (Fsp3) is 0.429. The summed E-state index contributed by atoms with van der Waals surface area (Å²) in [5, 5.41) is 8.64. The molecule has 1 aliphatic rings. The highest BCUT2D eigenvalue weighted by Crippen LogP contribution is 2.02. The Labute approximate surface area is 55.1 Å². The third-order valence-corrected chi connectivity index (χ3v) is 1.37. The minimum atomic E-state index is 0.157. The highest BCUT2D eigenvalue weighted by Gasteiger charge is 1.96. The summed E-state index contributed by atoms with van der Waals surface area (Å²) >= 11 is 0. The predicted molar refractivity (Wildman–Crippen MR) is 36.9 cm³/mol. The van der Waals surface area contributed by atoms with Crippen LogP contribution in [-0.4, -0.2) is 30.2 Å². The third-order valence-electron chi connectivity index (χ3n) is 1.37. The van der Waals surface area contributed by atoms with E-state index in [2.05, 4.69) is 4.90 Å². The Kier molecular flexibility index (Phi) is 1.90. The zero-order valence-corrected chi connectivity index (χ0v) is 5.54. The van der Waals surface area contributed by atoms with Crippen LogP contribution in [0.15, 0.2) is 23.9 Å². The molecule has 1 aliphatic heterocycles. The number of rotatable bonds is 1. The van der Waals surface area contributed by atoms with Crippen LogP contribution in [0.4, 0.5) is 0 Å². The molecule has 2 nitrogen and oxygen atoms in total. The first-order valence-electron chi connectivity index (χ1n) is 3.01. The maximum Gasteiger partial charge on any atom is 0.0679 e. The molecule has 0 atom stereocenters. The van der Waals surface area contributed by atoms with Gasteiger partial charge in [0.15, 0.2) is 0 Å². The lowest BCUT2D eigenvalue weighted by Gasteiger charge is -2.15. The summed E-state index contributed by atoms with van der Waals surface area (Å²) in [5.41, 5.74) is 1.01. The lowest BCUT2D eigenvalue weighted by atomic mass is 10.2. The van der Waals surface area contributed by atoms with Crippen LogP contribution in [-0.2, 0) is 0 Å². The van der Waals surface area contributed by atoms with E-state index in [0.717, 1.165) is 12.1 Å². The number of aliphatic hydroxyl groups is 1. The van der Waals surface area contributed by atoms with Crippen LogP contribution in [0.2, 0.25) is 0 Å². The van der Waals surface area contributed by atoms with Crippen LogP contribution in [0.3, 0.4) is 0 Å². The average Bonchev–Trinajstić information content (AvgIpc) is 1.90. The van der Waals surface area contributed by atoms with Crippen LogP contribution < -0.4 is 0 Å². The van der Waals surface area contributed by atoms with Crippen LogP contribution in [0.25, 0.3) is 0 Å². The second kappa shape index (κ2) is 2.69. The van der Waals surface area contributed by atoms with Crippen molar-refractivity contribution in [2.24, 2.45) is 0 Å². The number of nitrogens with zero attached hydrogens (tertiary/aromatic N) is 1. The van der Waals surface area contributed by atoms with Crippen molar-refractivity contribution in [1.29, 1.82) is 0 Å². The number of hydrogen-bond donors (Lipinski definition) is 1. The van der Waals surface area contributed by atoms with Crippen LogP contribution in [0, 0.1) is 0 Å². The monoisotopic (exact) mass is 125 g/mol. The van der Waals surface area contributed by atoms with Gasteiger partial charge in [-0.15, -0.1) is 0 Å². The van der Waals surface area contributed by atoms with E-state index >= 15 is 0 Å². The molecule has 0 aromatic heterocycles. The Morgan fingerprint density at radius 1 is 1.78 bits per heavy atom. The maximum absolute atomic E-state index is 8.64. The van der Waals surface area contributed by atoms with Crippen molar-refractivity contribution in [3.8, 4) is 0 Å². The molecule has 0 radical (unpaired) electrons. The van der Waals surface area contributed by atoms with E-state index in [1.807, 2.05) is 25.4 Å². The quantitative estimate of drug-likeness (QED) is 0.547. The summed E-state index contributed by atoms with van der Waals surface area (Å²) in [5.74, 6) is 0. The summed E-state index contributed by atoms with van der Waals surface area (Å²) in [4.78, 5) is 2.05. The van der Waals surface area contributed by atoms with Crippen LogP contribution in [0.1, 0.15) is 0 Å². The normalized spacial score (nSPS) is 18.0. The fourth-order valence-corrected chi connectivity index (χ4v) is 0.730. The first kappa shape index (κ1) is 6.36. The minimum Gasteiger partial charge on any atom is -0.392 e. The molecule has 0 aromatic rings. The van der Waals surface area contributed by atoms with Gasteiger partial charge in [0.05, 0.1) is 6.61 Å². The van der Waals surface area contributed by atoms with Crippen molar-refractivity contribution in [3.05, 3.63) is 23.9 Å². The predicted octanol–water partition coefficient (Wildman–Crippen LogP) is 0.364. The maximum atomic E-state index is 8.64. The van der Waals surface area contributed by atoms with Gasteiger partial charge in [0.1, 0.15) is 0 Å². The van der Waals surface area contributed by atoms with Crippen molar-refractivity contribution in [2.45, 2.75) is 0 Å². The Hall–Kier alpha value is -0.760. The lowest BCUT2D eigenvalue weighted by molar-refractivity contribution is 0.332. The van der Waals surface area contributed by atoms with Gasteiger partial charge in [0, 0.05) is 13.6 Å². The SMILES string of the molecule is CN1C=CC(CO)=CC1. The minimum absolute atomic E-state index is 0.157. The van der Waals surface area contributed by atoms with Gasteiger partial charge >= 0.3 is 0 Å². The molecule has 0 unspecified atom stereocenters. The van der Waals surface area contributed by atoms with Gasteiger partial charge in [-0.25, -0.2) is 0 Å². The Bertz CT molecular complexity index is 149. The molecule has 50 valence electrons. The van der Waals surface area contributed by atoms with Gasteiger partial charge in [-0.05, 0) is 17.8 Å². The lowest BCUT2D eigenvalue weighted by Crippen LogP contribution is -2.14. The molecular formula is C7H11NO. The molecule has 1 rings (SSSR count). The van der Waals surface area contributed by atoms with Crippen LogP contribution >= 0.6 is 0 Å².